The van der Waals surface area contributed by atoms with Crippen molar-refractivity contribution in [1.29, 1.82) is 0 Å². The minimum atomic E-state index is -0.563. The van der Waals surface area contributed by atoms with Gasteiger partial charge in [-0.05, 0) is 18.2 Å². The van der Waals surface area contributed by atoms with E-state index in [-0.39, 0.29) is 18.2 Å². The average Bonchev–Trinajstić information content (AvgIpc) is 2.82. The molecular weight excluding hydrogens is 268 g/mol. The van der Waals surface area contributed by atoms with E-state index in [1.807, 2.05) is 24.3 Å². The van der Waals surface area contributed by atoms with Crippen LogP contribution < -0.4 is 15.4 Å². The van der Waals surface area contributed by atoms with Crippen molar-refractivity contribution in [3.05, 3.63) is 42.7 Å². The molecule has 1 aliphatic carbocycles. The molecule has 4 atom stereocenters. The number of nitrogens with zero attached hydrogens (tertiary/aromatic N) is 2. The van der Waals surface area contributed by atoms with Crippen LogP contribution in [0.5, 0.6) is 5.75 Å². The van der Waals surface area contributed by atoms with Crippen LogP contribution in [0.2, 0.25) is 0 Å². The van der Waals surface area contributed by atoms with Crippen molar-refractivity contribution >= 4 is 11.6 Å². The molecule has 0 bridgehead atoms. The summed E-state index contributed by atoms with van der Waals surface area (Å²) in [7, 11) is 0. The number of aliphatic hydroxyl groups is 1. The number of rotatable bonds is 2. The van der Waals surface area contributed by atoms with Crippen molar-refractivity contribution in [2.45, 2.75) is 30.7 Å². The zero-order chi connectivity index (χ0) is 14.2. The predicted molar refractivity (Wildman–Crippen MR) is 78.3 cm³/mol. The van der Waals surface area contributed by atoms with E-state index in [0.717, 1.165) is 11.4 Å². The predicted octanol–water partition coefficient (Wildman–Crippen LogP) is 1.26. The van der Waals surface area contributed by atoms with Crippen molar-refractivity contribution in [3.63, 3.8) is 0 Å². The number of ether oxygens (including phenoxy) is 1. The van der Waals surface area contributed by atoms with Crippen LogP contribution in [0.15, 0.2) is 42.7 Å². The van der Waals surface area contributed by atoms with Crippen LogP contribution in [-0.4, -0.2) is 39.4 Å². The largest absolute Gasteiger partial charge is 0.486 e. The number of hydrogen-bond donors (Lipinski definition) is 3. The molecule has 3 N–H and O–H groups in total. The maximum absolute atomic E-state index is 10.5. The molecule has 1 aromatic carbocycles. The molecule has 0 radical (unpaired) electrons. The van der Waals surface area contributed by atoms with Gasteiger partial charge in [0.1, 0.15) is 11.9 Å². The Morgan fingerprint density at radius 3 is 2.86 bits per heavy atom. The molecule has 4 rings (SSSR count). The van der Waals surface area contributed by atoms with Gasteiger partial charge >= 0.3 is 0 Å². The molecule has 1 saturated carbocycles. The lowest BCUT2D eigenvalue weighted by Crippen LogP contribution is -2.45. The standard InChI is InChI=1S/C15H16N4O2/c20-14-10(19-15-16-6-3-7-17-15)8-12-13(14)18-9-4-1-2-5-11(9)21-12/h1-7,10,12-14,18,20H,8H2,(H,16,17,19)/t10-,12-,13-,14-/m1/s1. The minimum absolute atomic E-state index is 0.0592. The highest BCUT2D eigenvalue weighted by Gasteiger charge is 2.46. The van der Waals surface area contributed by atoms with Gasteiger partial charge in [-0.3, -0.25) is 0 Å². The zero-order valence-corrected chi connectivity index (χ0v) is 11.3. The highest BCUT2D eigenvalue weighted by molar-refractivity contribution is 5.59. The van der Waals surface area contributed by atoms with Crippen LogP contribution in [0.3, 0.4) is 0 Å². The van der Waals surface area contributed by atoms with E-state index < -0.39 is 6.10 Å². The average molecular weight is 284 g/mol. The SMILES string of the molecule is O[C@H]1[C@@H]2Nc3ccccc3O[C@@H]2C[C@H]1Nc1ncccn1. The lowest BCUT2D eigenvalue weighted by Gasteiger charge is -2.31. The van der Waals surface area contributed by atoms with Gasteiger partial charge in [0.15, 0.2) is 0 Å². The van der Waals surface area contributed by atoms with Gasteiger partial charge in [0.2, 0.25) is 5.95 Å². The Morgan fingerprint density at radius 2 is 2.00 bits per heavy atom. The van der Waals surface area contributed by atoms with E-state index in [1.165, 1.54) is 0 Å². The number of hydrogen-bond acceptors (Lipinski definition) is 6. The molecule has 1 aliphatic heterocycles. The summed E-state index contributed by atoms with van der Waals surface area (Å²) in [5.41, 5.74) is 0.925. The Labute approximate surface area is 122 Å². The van der Waals surface area contributed by atoms with E-state index in [4.69, 9.17) is 4.74 Å². The molecule has 0 spiro atoms. The number of aliphatic hydroxyl groups excluding tert-OH is 1. The first-order valence-corrected chi connectivity index (χ1v) is 7.05. The lowest BCUT2D eigenvalue weighted by atomic mass is 10.1. The summed E-state index contributed by atoms with van der Waals surface area (Å²) >= 11 is 0. The van der Waals surface area contributed by atoms with Crippen LogP contribution >= 0.6 is 0 Å². The monoisotopic (exact) mass is 284 g/mol. The molecule has 0 saturated heterocycles. The molecule has 21 heavy (non-hydrogen) atoms. The van der Waals surface area contributed by atoms with Crippen LogP contribution in [0.1, 0.15) is 6.42 Å². The summed E-state index contributed by atoms with van der Waals surface area (Å²) in [6, 6.07) is 9.29. The third kappa shape index (κ3) is 2.17. The maximum atomic E-state index is 10.5. The van der Waals surface area contributed by atoms with Crippen molar-refractivity contribution in [2.75, 3.05) is 10.6 Å². The van der Waals surface area contributed by atoms with Gasteiger partial charge in [-0.25, -0.2) is 9.97 Å². The second kappa shape index (κ2) is 4.89. The first-order valence-electron chi connectivity index (χ1n) is 7.05. The highest BCUT2D eigenvalue weighted by Crippen LogP contribution is 2.37. The summed E-state index contributed by atoms with van der Waals surface area (Å²) < 4.78 is 5.99. The van der Waals surface area contributed by atoms with Crippen molar-refractivity contribution in [1.82, 2.24) is 9.97 Å². The molecule has 108 valence electrons. The molecule has 6 heteroatoms. The normalized spacial score (nSPS) is 29.8. The summed E-state index contributed by atoms with van der Waals surface area (Å²) in [5.74, 6) is 1.36. The van der Waals surface area contributed by atoms with Crippen molar-refractivity contribution in [3.8, 4) is 5.75 Å². The van der Waals surface area contributed by atoms with Gasteiger partial charge < -0.3 is 20.5 Å². The summed E-state index contributed by atoms with van der Waals surface area (Å²) in [5, 5.41) is 17.1. The molecule has 2 aromatic rings. The number of fused-ring (bicyclic) bond motifs is 2. The Balaban J connectivity index is 1.53. The Kier molecular flexibility index (Phi) is 2.89. The van der Waals surface area contributed by atoms with Gasteiger partial charge in [-0.1, -0.05) is 12.1 Å². The van der Waals surface area contributed by atoms with Crippen molar-refractivity contribution < 1.29 is 9.84 Å². The van der Waals surface area contributed by atoms with Gasteiger partial charge in [0, 0.05) is 18.8 Å². The van der Waals surface area contributed by atoms with Gasteiger partial charge in [0.05, 0.1) is 23.9 Å². The van der Waals surface area contributed by atoms with E-state index in [1.54, 1.807) is 18.5 Å². The lowest BCUT2D eigenvalue weighted by molar-refractivity contribution is 0.122. The molecule has 0 amide bonds. The number of benzene rings is 1. The molecule has 0 unspecified atom stereocenters. The zero-order valence-electron chi connectivity index (χ0n) is 11.3. The fraction of sp³-hybridized carbons (Fsp3) is 0.333. The maximum Gasteiger partial charge on any atom is 0.222 e. The molecule has 1 aromatic heterocycles. The third-order valence-electron chi connectivity index (χ3n) is 4.03. The Hall–Kier alpha value is -2.34. The number of nitrogens with one attached hydrogen (secondary N) is 2. The topological polar surface area (TPSA) is 79.3 Å². The van der Waals surface area contributed by atoms with Crippen molar-refractivity contribution in [2.24, 2.45) is 0 Å². The quantitative estimate of drug-likeness (QED) is 0.770. The summed E-state index contributed by atoms with van der Waals surface area (Å²) in [6.45, 7) is 0. The fourth-order valence-corrected chi connectivity index (χ4v) is 3.02. The van der Waals surface area contributed by atoms with Crippen LogP contribution in [-0.2, 0) is 0 Å². The van der Waals surface area contributed by atoms with Crippen LogP contribution in [0.4, 0.5) is 11.6 Å². The molecule has 2 aliphatic rings. The first kappa shape index (κ1) is 12.4. The van der Waals surface area contributed by atoms with Crippen LogP contribution in [0.25, 0.3) is 0 Å². The molecule has 2 heterocycles. The minimum Gasteiger partial charge on any atom is -0.486 e. The van der Waals surface area contributed by atoms with E-state index in [9.17, 15) is 5.11 Å². The Morgan fingerprint density at radius 1 is 1.19 bits per heavy atom. The Bertz CT molecular complexity index is 637. The second-order valence-corrected chi connectivity index (χ2v) is 5.37. The van der Waals surface area contributed by atoms with Gasteiger partial charge in [-0.2, -0.15) is 0 Å². The summed E-state index contributed by atoms with van der Waals surface area (Å²) in [4.78, 5) is 8.28. The molecular formula is C15H16N4O2. The fourth-order valence-electron chi connectivity index (χ4n) is 3.02. The third-order valence-corrected chi connectivity index (χ3v) is 4.03. The molecule has 6 nitrogen and oxygen atoms in total. The summed E-state index contributed by atoms with van der Waals surface area (Å²) in [6.07, 6.45) is 3.43. The van der Waals surface area contributed by atoms with E-state index >= 15 is 0 Å². The number of anilines is 2. The van der Waals surface area contributed by atoms with E-state index in [0.29, 0.717) is 12.4 Å². The first-order chi connectivity index (χ1) is 10.3. The highest BCUT2D eigenvalue weighted by atomic mass is 16.5. The van der Waals surface area contributed by atoms with Crippen LogP contribution in [0, 0.1) is 0 Å². The smallest absolute Gasteiger partial charge is 0.222 e. The van der Waals surface area contributed by atoms with Gasteiger partial charge in [-0.15, -0.1) is 0 Å². The number of para-hydroxylation sites is 2. The molecule has 1 fully saturated rings. The number of aromatic nitrogens is 2. The second-order valence-electron chi connectivity index (χ2n) is 5.37. The van der Waals surface area contributed by atoms with Gasteiger partial charge in [0.25, 0.3) is 0 Å². The van der Waals surface area contributed by atoms with E-state index in [2.05, 4.69) is 20.6 Å².